The van der Waals surface area contributed by atoms with E-state index in [1.807, 2.05) is 31.2 Å². The minimum atomic E-state index is -1.00. The zero-order chi connectivity index (χ0) is 14.0. The van der Waals surface area contributed by atoms with E-state index in [2.05, 4.69) is 5.32 Å². The van der Waals surface area contributed by atoms with Crippen LogP contribution in [0, 0.1) is 0 Å². The number of benzene rings is 1. The Morgan fingerprint density at radius 2 is 2.16 bits per heavy atom. The van der Waals surface area contributed by atoms with Gasteiger partial charge in [0.1, 0.15) is 6.04 Å². The summed E-state index contributed by atoms with van der Waals surface area (Å²) in [5, 5.41) is 11.6. The second-order valence-electron chi connectivity index (χ2n) is 4.80. The standard InChI is InChI=1S/C14H18N2O3/c1-3-11(13(17)18)15-14(19)16-9(2)8-10-6-4-5-7-12(10)16/h4-7,9,11H,3,8H2,1-2H3,(H,15,19)(H,17,18). The van der Waals surface area contributed by atoms with Crippen LogP contribution in [-0.2, 0) is 11.2 Å². The summed E-state index contributed by atoms with van der Waals surface area (Å²) in [5.41, 5.74) is 1.99. The molecule has 2 rings (SSSR count). The van der Waals surface area contributed by atoms with Crippen LogP contribution in [0.3, 0.4) is 0 Å². The molecule has 0 aliphatic carbocycles. The third-order valence-electron chi connectivity index (χ3n) is 3.43. The van der Waals surface area contributed by atoms with Crippen LogP contribution in [-0.4, -0.2) is 29.2 Å². The van der Waals surface area contributed by atoms with Gasteiger partial charge in [-0.05, 0) is 31.4 Å². The first kappa shape index (κ1) is 13.4. The van der Waals surface area contributed by atoms with Gasteiger partial charge >= 0.3 is 12.0 Å². The molecule has 1 heterocycles. The van der Waals surface area contributed by atoms with Crippen LogP contribution in [0.25, 0.3) is 0 Å². The van der Waals surface area contributed by atoms with Crippen LogP contribution in [0.2, 0.25) is 0 Å². The maximum atomic E-state index is 12.2. The van der Waals surface area contributed by atoms with Gasteiger partial charge in [-0.15, -0.1) is 0 Å². The summed E-state index contributed by atoms with van der Waals surface area (Å²) in [4.78, 5) is 24.9. The zero-order valence-corrected chi connectivity index (χ0v) is 11.1. The fourth-order valence-electron chi connectivity index (χ4n) is 2.43. The van der Waals surface area contributed by atoms with Crippen LogP contribution < -0.4 is 10.2 Å². The molecule has 5 nitrogen and oxygen atoms in total. The summed E-state index contributed by atoms with van der Waals surface area (Å²) < 4.78 is 0. The lowest BCUT2D eigenvalue weighted by molar-refractivity contribution is -0.139. The Morgan fingerprint density at radius 3 is 2.79 bits per heavy atom. The molecule has 102 valence electrons. The van der Waals surface area contributed by atoms with Crippen LogP contribution in [0.1, 0.15) is 25.8 Å². The van der Waals surface area contributed by atoms with Gasteiger partial charge in [0.15, 0.2) is 0 Å². The number of rotatable bonds is 3. The Kier molecular flexibility index (Phi) is 3.74. The number of anilines is 1. The second-order valence-corrected chi connectivity index (χ2v) is 4.80. The number of nitrogens with one attached hydrogen (secondary N) is 1. The molecule has 1 aromatic carbocycles. The van der Waals surface area contributed by atoms with E-state index < -0.39 is 12.0 Å². The van der Waals surface area contributed by atoms with Crippen molar-refractivity contribution in [2.24, 2.45) is 0 Å². The number of amides is 2. The number of hydrogen-bond acceptors (Lipinski definition) is 2. The summed E-state index contributed by atoms with van der Waals surface area (Å²) in [7, 11) is 0. The highest BCUT2D eigenvalue weighted by atomic mass is 16.4. The lowest BCUT2D eigenvalue weighted by Gasteiger charge is -2.25. The van der Waals surface area contributed by atoms with Crippen molar-refractivity contribution < 1.29 is 14.7 Å². The number of aliphatic carboxylic acids is 1. The molecule has 19 heavy (non-hydrogen) atoms. The highest BCUT2D eigenvalue weighted by Gasteiger charge is 2.32. The largest absolute Gasteiger partial charge is 0.480 e. The second kappa shape index (κ2) is 5.30. The quantitative estimate of drug-likeness (QED) is 0.875. The van der Waals surface area contributed by atoms with E-state index in [1.165, 1.54) is 0 Å². The number of carbonyl (C=O) groups is 2. The number of urea groups is 1. The predicted molar refractivity (Wildman–Crippen MR) is 72.3 cm³/mol. The van der Waals surface area contributed by atoms with Crippen molar-refractivity contribution in [3.05, 3.63) is 29.8 Å². The summed E-state index contributed by atoms with van der Waals surface area (Å²) in [6.45, 7) is 3.70. The molecular weight excluding hydrogens is 244 g/mol. The third kappa shape index (κ3) is 2.54. The number of carbonyl (C=O) groups excluding carboxylic acids is 1. The Labute approximate surface area is 112 Å². The lowest BCUT2D eigenvalue weighted by Crippen LogP contribution is -2.49. The maximum absolute atomic E-state index is 12.2. The first-order valence-corrected chi connectivity index (χ1v) is 6.45. The van der Waals surface area contributed by atoms with E-state index in [4.69, 9.17) is 5.11 Å². The van der Waals surface area contributed by atoms with Gasteiger partial charge in [-0.2, -0.15) is 0 Å². The average Bonchev–Trinajstić information content (AvgIpc) is 2.71. The van der Waals surface area contributed by atoms with Crippen molar-refractivity contribution in [3.8, 4) is 0 Å². The molecule has 0 radical (unpaired) electrons. The molecule has 2 amide bonds. The van der Waals surface area contributed by atoms with Gasteiger partial charge in [0.25, 0.3) is 0 Å². The van der Waals surface area contributed by atoms with Crippen LogP contribution >= 0.6 is 0 Å². The first-order valence-electron chi connectivity index (χ1n) is 6.45. The molecule has 0 saturated carbocycles. The summed E-state index contributed by atoms with van der Waals surface area (Å²) >= 11 is 0. The number of nitrogens with zero attached hydrogens (tertiary/aromatic N) is 1. The number of carboxylic acid groups (broad SMARTS) is 1. The summed E-state index contributed by atoms with van der Waals surface area (Å²) in [5.74, 6) is -1.00. The molecule has 0 fully saturated rings. The summed E-state index contributed by atoms with van der Waals surface area (Å²) in [6, 6.07) is 6.57. The van der Waals surface area contributed by atoms with Gasteiger partial charge in [0, 0.05) is 11.7 Å². The maximum Gasteiger partial charge on any atom is 0.326 e. The van der Waals surface area contributed by atoms with E-state index in [1.54, 1.807) is 11.8 Å². The highest BCUT2D eigenvalue weighted by Crippen LogP contribution is 2.31. The van der Waals surface area contributed by atoms with Gasteiger partial charge in [-0.1, -0.05) is 25.1 Å². The summed E-state index contributed by atoms with van der Waals surface area (Å²) in [6.07, 6.45) is 1.17. The highest BCUT2D eigenvalue weighted by molar-refractivity contribution is 5.96. The molecule has 1 aliphatic rings. The van der Waals surface area contributed by atoms with Gasteiger partial charge in [0.05, 0.1) is 0 Å². The number of hydrogen-bond donors (Lipinski definition) is 2. The Morgan fingerprint density at radius 1 is 1.47 bits per heavy atom. The van der Waals surface area contributed by atoms with E-state index in [-0.39, 0.29) is 12.1 Å². The average molecular weight is 262 g/mol. The molecule has 0 spiro atoms. The smallest absolute Gasteiger partial charge is 0.326 e. The minimum Gasteiger partial charge on any atom is -0.480 e. The lowest BCUT2D eigenvalue weighted by atomic mass is 10.1. The molecule has 1 aromatic rings. The number of fused-ring (bicyclic) bond motifs is 1. The molecule has 0 aromatic heterocycles. The molecular formula is C14H18N2O3. The van der Waals surface area contributed by atoms with Crippen molar-refractivity contribution >= 4 is 17.7 Å². The molecule has 0 saturated heterocycles. The van der Waals surface area contributed by atoms with Crippen molar-refractivity contribution in [3.63, 3.8) is 0 Å². The van der Waals surface area contributed by atoms with Crippen LogP contribution in [0.5, 0.6) is 0 Å². The van der Waals surface area contributed by atoms with Crippen molar-refractivity contribution in [1.82, 2.24) is 5.32 Å². The molecule has 2 N–H and O–H groups in total. The predicted octanol–water partition coefficient (Wildman–Crippen LogP) is 2.01. The number of para-hydroxylation sites is 1. The van der Waals surface area contributed by atoms with E-state index in [9.17, 15) is 9.59 Å². The van der Waals surface area contributed by atoms with E-state index in [0.29, 0.717) is 6.42 Å². The third-order valence-corrected chi connectivity index (χ3v) is 3.43. The first-order chi connectivity index (χ1) is 9.04. The Hall–Kier alpha value is -2.04. The van der Waals surface area contributed by atoms with E-state index >= 15 is 0 Å². The van der Waals surface area contributed by atoms with Crippen molar-refractivity contribution in [1.29, 1.82) is 0 Å². The fourth-order valence-corrected chi connectivity index (χ4v) is 2.43. The molecule has 5 heteroatoms. The number of carboxylic acids is 1. The zero-order valence-electron chi connectivity index (χ0n) is 11.1. The Bertz CT molecular complexity index is 501. The minimum absolute atomic E-state index is 0.0451. The van der Waals surface area contributed by atoms with Gasteiger partial charge in [0.2, 0.25) is 0 Å². The van der Waals surface area contributed by atoms with Crippen LogP contribution in [0.4, 0.5) is 10.5 Å². The Balaban J connectivity index is 2.18. The SMILES string of the molecule is CCC(NC(=O)N1c2ccccc2CC1C)C(=O)O. The monoisotopic (exact) mass is 262 g/mol. The molecule has 1 aliphatic heterocycles. The van der Waals surface area contributed by atoms with Gasteiger partial charge in [-0.25, -0.2) is 9.59 Å². The van der Waals surface area contributed by atoms with Crippen molar-refractivity contribution in [2.75, 3.05) is 4.90 Å². The normalized spacial score (nSPS) is 18.8. The van der Waals surface area contributed by atoms with Gasteiger partial charge < -0.3 is 10.4 Å². The molecule has 2 atom stereocenters. The van der Waals surface area contributed by atoms with Crippen molar-refractivity contribution in [2.45, 2.75) is 38.8 Å². The molecule has 0 bridgehead atoms. The fraction of sp³-hybridized carbons (Fsp3) is 0.429. The topological polar surface area (TPSA) is 69.6 Å². The van der Waals surface area contributed by atoms with E-state index in [0.717, 1.165) is 17.7 Å². The van der Waals surface area contributed by atoms with Crippen LogP contribution in [0.15, 0.2) is 24.3 Å². The molecule has 2 unspecified atom stereocenters. The van der Waals surface area contributed by atoms with Gasteiger partial charge in [-0.3, -0.25) is 4.90 Å².